The van der Waals surface area contributed by atoms with E-state index in [-0.39, 0.29) is 23.8 Å². The van der Waals surface area contributed by atoms with Crippen molar-refractivity contribution < 1.29 is 14.7 Å². The smallest absolute Gasteiger partial charge is 0.314 e. The average Bonchev–Trinajstić information content (AvgIpc) is 2.24. The maximum atomic E-state index is 11.3. The fourth-order valence-corrected chi connectivity index (χ4v) is 2.38. The number of aliphatic carboxylic acids is 1. The zero-order valence-electron chi connectivity index (χ0n) is 12.0. The number of nitrogens with two attached hydrogens (primary N) is 1. The van der Waals surface area contributed by atoms with E-state index in [0.29, 0.717) is 13.1 Å². The van der Waals surface area contributed by atoms with Gasteiger partial charge in [-0.2, -0.15) is 0 Å². The van der Waals surface area contributed by atoms with Gasteiger partial charge in [-0.05, 0) is 17.8 Å². The number of carbonyl (C=O) groups excluding carboxylic acids is 1. The molecule has 2 unspecified atom stereocenters. The molecule has 19 heavy (non-hydrogen) atoms. The molecule has 2 amide bonds. The summed E-state index contributed by atoms with van der Waals surface area (Å²) in [5.41, 5.74) is 5.47. The second-order valence-corrected chi connectivity index (χ2v) is 6.58. The minimum Gasteiger partial charge on any atom is -0.481 e. The Morgan fingerprint density at radius 2 is 2.00 bits per heavy atom. The Bertz CT molecular complexity index is 339. The Labute approximate surface area is 114 Å². The van der Waals surface area contributed by atoms with E-state index in [0.717, 1.165) is 13.0 Å². The van der Waals surface area contributed by atoms with Crippen molar-refractivity contribution in [2.45, 2.75) is 39.7 Å². The number of hydrogen-bond acceptors (Lipinski definition) is 3. The van der Waals surface area contributed by atoms with Crippen LogP contribution in [0.1, 0.15) is 33.6 Å². The molecule has 0 aromatic rings. The summed E-state index contributed by atoms with van der Waals surface area (Å²) in [5, 5.41) is 12.3. The van der Waals surface area contributed by atoms with Gasteiger partial charge in [0.2, 0.25) is 0 Å². The van der Waals surface area contributed by atoms with Gasteiger partial charge in [-0.3, -0.25) is 4.79 Å². The number of carboxylic acid groups (broad SMARTS) is 1. The van der Waals surface area contributed by atoms with Crippen LogP contribution in [0.2, 0.25) is 0 Å². The molecule has 1 saturated heterocycles. The van der Waals surface area contributed by atoms with Crippen molar-refractivity contribution in [3.63, 3.8) is 0 Å². The van der Waals surface area contributed by atoms with Crippen LogP contribution in [-0.2, 0) is 4.79 Å². The summed E-state index contributed by atoms with van der Waals surface area (Å²) in [6.07, 6.45) is 0.851. The van der Waals surface area contributed by atoms with Crippen LogP contribution < -0.4 is 11.1 Å². The number of carboxylic acids is 1. The third-order valence-electron chi connectivity index (χ3n) is 3.23. The van der Waals surface area contributed by atoms with Crippen molar-refractivity contribution in [1.29, 1.82) is 0 Å². The Kier molecular flexibility index (Phi) is 5.17. The summed E-state index contributed by atoms with van der Waals surface area (Å²) in [5.74, 6) is -0.859. The molecule has 6 heteroatoms. The highest BCUT2D eigenvalue weighted by molar-refractivity contribution is 5.72. The number of rotatable bonds is 4. The molecule has 1 heterocycles. The normalized spacial score (nSPS) is 24.3. The summed E-state index contributed by atoms with van der Waals surface area (Å²) in [7, 11) is 0. The predicted octanol–water partition coefficient (Wildman–Crippen LogP) is 0.866. The van der Waals surface area contributed by atoms with Crippen molar-refractivity contribution in [1.82, 2.24) is 10.2 Å². The van der Waals surface area contributed by atoms with Crippen molar-refractivity contribution in [2.24, 2.45) is 17.1 Å². The summed E-state index contributed by atoms with van der Waals surface area (Å²) in [6.45, 7) is 8.21. The van der Waals surface area contributed by atoms with Gasteiger partial charge in [0.25, 0.3) is 0 Å². The monoisotopic (exact) mass is 271 g/mol. The maximum Gasteiger partial charge on any atom is 0.314 e. The van der Waals surface area contributed by atoms with E-state index in [1.54, 1.807) is 0 Å². The molecule has 1 fully saturated rings. The molecule has 1 aliphatic rings. The molecule has 110 valence electrons. The van der Waals surface area contributed by atoms with Crippen LogP contribution in [0.5, 0.6) is 0 Å². The lowest BCUT2D eigenvalue weighted by Gasteiger charge is -2.38. The first kappa shape index (κ1) is 15.8. The largest absolute Gasteiger partial charge is 0.481 e. The van der Waals surface area contributed by atoms with E-state index >= 15 is 0 Å². The number of likely N-dealkylation sites (tertiary alicyclic amines) is 1. The Morgan fingerprint density at radius 1 is 1.37 bits per heavy atom. The zero-order chi connectivity index (χ0) is 14.6. The van der Waals surface area contributed by atoms with Gasteiger partial charge in [0.15, 0.2) is 0 Å². The van der Waals surface area contributed by atoms with Crippen LogP contribution in [0, 0.1) is 11.3 Å². The van der Waals surface area contributed by atoms with E-state index in [1.165, 1.54) is 4.90 Å². The van der Waals surface area contributed by atoms with Crippen molar-refractivity contribution >= 4 is 12.0 Å². The number of primary amides is 1. The summed E-state index contributed by atoms with van der Waals surface area (Å²) < 4.78 is 0. The van der Waals surface area contributed by atoms with Gasteiger partial charge in [0.1, 0.15) is 0 Å². The van der Waals surface area contributed by atoms with Gasteiger partial charge in [0.05, 0.1) is 0 Å². The number of amides is 2. The van der Waals surface area contributed by atoms with E-state index in [1.807, 2.05) is 0 Å². The molecule has 2 atom stereocenters. The highest BCUT2D eigenvalue weighted by atomic mass is 16.4. The minimum atomic E-state index is -0.828. The molecule has 0 spiro atoms. The minimum absolute atomic E-state index is 0.0313. The fraction of sp³-hybridized carbons (Fsp3) is 0.846. The first-order valence-corrected chi connectivity index (χ1v) is 6.67. The lowest BCUT2D eigenvalue weighted by Crippen LogP contribution is -2.54. The molecule has 0 saturated carbocycles. The predicted molar refractivity (Wildman–Crippen MR) is 72.8 cm³/mol. The van der Waals surface area contributed by atoms with Crippen LogP contribution in [-0.4, -0.2) is 47.7 Å². The molecule has 4 N–H and O–H groups in total. The Morgan fingerprint density at radius 3 is 2.47 bits per heavy atom. The molecule has 0 aliphatic carbocycles. The third kappa shape index (κ3) is 5.92. The zero-order valence-corrected chi connectivity index (χ0v) is 12.0. The first-order valence-electron chi connectivity index (χ1n) is 6.67. The molecule has 0 radical (unpaired) electrons. The number of carbonyl (C=O) groups is 2. The fourth-order valence-electron chi connectivity index (χ4n) is 2.38. The third-order valence-corrected chi connectivity index (χ3v) is 3.23. The van der Waals surface area contributed by atoms with Crippen molar-refractivity contribution in [3.05, 3.63) is 0 Å². The molecule has 6 nitrogen and oxygen atoms in total. The molecule has 1 rings (SSSR count). The highest BCUT2D eigenvalue weighted by Gasteiger charge is 2.30. The SMILES string of the molecule is CC(C)(C)CNC1CC(CC(=O)O)CN(C(N)=O)C1. The Balaban J connectivity index is 2.59. The van der Waals surface area contributed by atoms with Crippen LogP contribution in [0.15, 0.2) is 0 Å². The van der Waals surface area contributed by atoms with Crippen LogP contribution in [0.25, 0.3) is 0 Å². The number of piperidine rings is 1. The molecule has 0 aromatic heterocycles. The Hall–Kier alpha value is -1.30. The van der Waals surface area contributed by atoms with Gasteiger partial charge in [-0.25, -0.2) is 4.79 Å². The van der Waals surface area contributed by atoms with E-state index in [4.69, 9.17) is 10.8 Å². The summed E-state index contributed by atoms with van der Waals surface area (Å²) in [4.78, 5) is 23.7. The summed E-state index contributed by atoms with van der Waals surface area (Å²) in [6, 6.07) is -0.359. The van der Waals surface area contributed by atoms with Gasteiger partial charge in [-0.1, -0.05) is 20.8 Å². The topological polar surface area (TPSA) is 95.7 Å². The van der Waals surface area contributed by atoms with Gasteiger partial charge >= 0.3 is 12.0 Å². The lowest BCUT2D eigenvalue weighted by atomic mass is 9.90. The maximum absolute atomic E-state index is 11.3. The molecule has 1 aliphatic heterocycles. The second kappa shape index (κ2) is 6.23. The number of nitrogens with one attached hydrogen (secondary N) is 1. The molecular formula is C13H25N3O3. The number of nitrogens with zero attached hydrogens (tertiary/aromatic N) is 1. The average molecular weight is 271 g/mol. The number of hydrogen-bond donors (Lipinski definition) is 3. The van der Waals surface area contributed by atoms with Crippen molar-refractivity contribution in [2.75, 3.05) is 19.6 Å². The highest BCUT2D eigenvalue weighted by Crippen LogP contribution is 2.21. The van der Waals surface area contributed by atoms with Gasteiger partial charge in [-0.15, -0.1) is 0 Å². The number of urea groups is 1. The molecular weight excluding hydrogens is 246 g/mol. The van der Waals surface area contributed by atoms with Crippen LogP contribution >= 0.6 is 0 Å². The van der Waals surface area contributed by atoms with E-state index in [9.17, 15) is 9.59 Å². The van der Waals surface area contributed by atoms with Gasteiger partial charge < -0.3 is 21.1 Å². The molecule has 0 bridgehead atoms. The van der Waals surface area contributed by atoms with E-state index < -0.39 is 12.0 Å². The quantitative estimate of drug-likeness (QED) is 0.707. The van der Waals surface area contributed by atoms with Crippen LogP contribution in [0.4, 0.5) is 4.79 Å². The second-order valence-electron chi connectivity index (χ2n) is 6.58. The van der Waals surface area contributed by atoms with Crippen molar-refractivity contribution in [3.8, 4) is 0 Å². The standard InChI is InChI=1S/C13H25N3O3/c1-13(2,3)8-15-10-4-9(5-11(17)18)6-16(7-10)12(14)19/h9-10,15H,4-8H2,1-3H3,(H2,14,19)(H,17,18). The van der Waals surface area contributed by atoms with E-state index in [2.05, 4.69) is 26.1 Å². The summed E-state index contributed by atoms with van der Waals surface area (Å²) >= 11 is 0. The molecule has 0 aromatic carbocycles. The first-order chi connectivity index (χ1) is 8.67. The van der Waals surface area contributed by atoms with Gasteiger partial charge in [0, 0.05) is 32.1 Å². The lowest BCUT2D eigenvalue weighted by molar-refractivity contribution is -0.138. The van der Waals surface area contributed by atoms with Crippen LogP contribution in [0.3, 0.4) is 0 Å².